The Morgan fingerprint density at radius 2 is 0.940 bits per heavy atom. The fourth-order valence-electron chi connectivity index (χ4n) is 9.95. The van der Waals surface area contributed by atoms with E-state index in [-0.39, 0.29) is 17.5 Å². The molecule has 1 aliphatic carbocycles. The zero-order valence-corrected chi connectivity index (χ0v) is 31.4. The number of para-hydroxylation sites is 2. The van der Waals surface area contributed by atoms with Crippen molar-refractivity contribution in [3.05, 3.63) is 165 Å². The van der Waals surface area contributed by atoms with Gasteiger partial charge in [-0.15, -0.1) is 0 Å². The summed E-state index contributed by atoms with van der Waals surface area (Å²) >= 11 is 0. The van der Waals surface area contributed by atoms with Crippen molar-refractivity contribution in [3.8, 4) is 5.69 Å². The third-order valence-corrected chi connectivity index (χ3v) is 12.3. The number of rotatable bonds is 4. The molecule has 1 nitrogen and oxygen atoms in total. The summed E-state index contributed by atoms with van der Waals surface area (Å²) < 4.78 is 2.46. The highest BCUT2D eigenvalue weighted by atomic mass is 15.0. The Bertz CT molecular complexity index is 2360. The first-order valence-corrected chi connectivity index (χ1v) is 18.2. The standard InChI is InChI=1S/C48H48BN/c1-29-17-15-18-30(2)44(29)49(45-31(3)19-16-20-32(45)4)46-33(5)27-40-43(34(46)6)48(9,10)38-26-25-35(28-39(38)47(40,7)8)50-41-23-13-11-21-36(41)37-22-12-14-24-42(37)50/h11-28H,1-10H3. The van der Waals surface area contributed by atoms with Crippen molar-refractivity contribution in [2.45, 2.75) is 80.1 Å². The fourth-order valence-corrected chi connectivity index (χ4v) is 9.95. The molecule has 0 amide bonds. The van der Waals surface area contributed by atoms with Gasteiger partial charge in [0.15, 0.2) is 0 Å². The lowest BCUT2D eigenvalue weighted by Crippen LogP contribution is -2.58. The lowest BCUT2D eigenvalue weighted by atomic mass is 9.32. The molecule has 0 atom stereocenters. The summed E-state index contributed by atoms with van der Waals surface area (Å²) in [5.41, 5.74) is 21.7. The Kier molecular flexibility index (Phi) is 7.36. The van der Waals surface area contributed by atoms with Crippen LogP contribution in [0, 0.1) is 41.5 Å². The largest absolute Gasteiger partial charge is 0.309 e. The molecular formula is C48H48BN. The molecule has 0 aliphatic heterocycles. The first-order chi connectivity index (χ1) is 23.8. The van der Waals surface area contributed by atoms with E-state index in [0.29, 0.717) is 0 Å². The SMILES string of the molecule is Cc1cccc(C)c1B(c1c(C)cccc1C)c1c(C)cc2c(c1C)C(C)(C)c1ccc(-n3c4ccccc4c4ccccc43)cc1C2(C)C. The van der Waals surface area contributed by atoms with Crippen LogP contribution >= 0.6 is 0 Å². The van der Waals surface area contributed by atoms with E-state index in [1.54, 1.807) is 0 Å². The van der Waals surface area contributed by atoms with E-state index in [2.05, 4.69) is 183 Å². The van der Waals surface area contributed by atoms with Crippen LogP contribution in [0.4, 0.5) is 0 Å². The van der Waals surface area contributed by atoms with E-state index >= 15 is 0 Å². The molecule has 0 radical (unpaired) electrons. The zero-order chi connectivity index (χ0) is 35.3. The first kappa shape index (κ1) is 32.4. The van der Waals surface area contributed by atoms with Crippen molar-refractivity contribution in [1.29, 1.82) is 0 Å². The van der Waals surface area contributed by atoms with Gasteiger partial charge in [-0.05, 0) is 88.1 Å². The van der Waals surface area contributed by atoms with Crippen molar-refractivity contribution in [2.24, 2.45) is 0 Å². The summed E-state index contributed by atoms with van der Waals surface area (Å²) in [6.45, 7) is 23.9. The minimum absolute atomic E-state index is 0.153. The third kappa shape index (κ3) is 4.53. The fraction of sp³-hybridized carbons (Fsp3) is 0.250. The van der Waals surface area contributed by atoms with Crippen LogP contribution in [0.2, 0.25) is 0 Å². The van der Waals surface area contributed by atoms with Crippen LogP contribution in [0.3, 0.4) is 0 Å². The van der Waals surface area contributed by atoms with Gasteiger partial charge < -0.3 is 4.57 Å². The third-order valence-electron chi connectivity index (χ3n) is 12.3. The summed E-state index contributed by atoms with van der Waals surface area (Å²) in [7, 11) is 0. The molecule has 1 aliphatic rings. The highest BCUT2D eigenvalue weighted by Crippen LogP contribution is 2.51. The second-order valence-electron chi connectivity index (χ2n) is 16.0. The first-order valence-electron chi connectivity index (χ1n) is 18.2. The van der Waals surface area contributed by atoms with Crippen molar-refractivity contribution in [2.75, 3.05) is 0 Å². The Balaban J connectivity index is 1.38. The monoisotopic (exact) mass is 649 g/mol. The molecule has 6 aromatic carbocycles. The predicted molar refractivity (Wildman–Crippen MR) is 217 cm³/mol. The Morgan fingerprint density at radius 3 is 1.46 bits per heavy atom. The Morgan fingerprint density at radius 1 is 0.440 bits per heavy atom. The number of aromatic nitrogens is 1. The second-order valence-corrected chi connectivity index (χ2v) is 16.0. The molecule has 0 saturated carbocycles. The van der Waals surface area contributed by atoms with Crippen molar-refractivity contribution in [3.63, 3.8) is 0 Å². The molecule has 248 valence electrons. The predicted octanol–water partition coefficient (Wildman–Crippen LogP) is 10.1. The maximum absolute atomic E-state index is 2.56. The van der Waals surface area contributed by atoms with Gasteiger partial charge in [0, 0.05) is 27.3 Å². The molecule has 0 spiro atoms. The summed E-state index contributed by atoms with van der Waals surface area (Å²) in [4.78, 5) is 0. The molecule has 50 heavy (non-hydrogen) atoms. The summed E-state index contributed by atoms with van der Waals surface area (Å²) in [5.74, 6) is 0. The van der Waals surface area contributed by atoms with Crippen LogP contribution in [-0.4, -0.2) is 11.3 Å². The highest BCUT2D eigenvalue weighted by molar-refractivity contribution is 6.97. The number of nitrogens with zero attached hydrogens (tertiary/aromatic N) is 1. The lowest BCUT2D eigenvalue weighted by molar-refractivity contribution is 0.517. The van der Waals surface area contributed by atoms with E-state index in [1.165, 1.54) is 99.5 Å². The van der Waals surface area contributed by atoms with E-state index in [0.717, 1.165) is 0 Å². The van der Waals surface area contributed by atoms with Gasteiger partial charge in [-0.2, -0.15) is 0 Å². The van der Waals surface area contributed by atoms with Gasteiger partial charge in [0.25, 0.3) is 0 Å². The normalized spacial score (nSPS) is 14.5. The van der Waals surface area contributed by atoms with Crippen LogP contribution in [-0.2, 0) is 10.8 Å². The minimum atomic E-state index is -0.185. The zero-order valence-electron chi connectivity index (χ0n) is 31.4. The van der Waals surface area contributed by atoms with Crippen LogP contribution in [0.15, 0.2) is 109 Å². The molecule has 7 aromatic rings. The quantitative estimate of drug-likeness (QED) is 0.167. The summed E-state index contributed by atoms with van der Waals surface area (Å²) in [6.07, 6.45) is 0. The van der Waals surface area contributed by atoms with Gasteiger partial charge in [-0.25, -0.2) is 0 Å². The smallest absolute Gasteiger partial charge is 0.243 e. The lowest BCUT2D eigenvalue weighted by Gasteiger charge is -2.46. The number of aryl methyl sites for hydroxylation is 5. The maximum Gasteiger partial charge on any atom is 0.243 e. The maximum atomic E-state index is 2.56. The van der Waals surface area contributed by atoms with Gasteiger partial charge in [0.05, 0.1) is 11.0 Å². The van der Waals surface area contributed by atoms with Crippen molar-refractivity contribution < 1.29 is 0 Å². The molecule has 0 bridgehead atoms. The molecule has 0 saturated heterocycles. The summed E-state index contributed by atoms with van der Waals surface area (Å²) in [6, 6.07) is 41.1. The van der Waals surface area contributed by atoms with Gasteiger partial charge in [0.1, 0.15) is 0 Å². The average Bonchev–Trinajstić information content (AvgIpc) is 3.41. The van der Waals surface area contributed by atoms with Gasteiger partial charge in [-0.1, -0.05) is 162 Å². The highest BCUT2D eigenvalue weighted by Gasteiger charge is 2.44. The van der Waals surface area contributed by atoms with E-state index in [1.807, 2.05) is 0 Å². The van der Waals surface area contributed by atoms with Crippen molar-refractivity contribution >= 4 is 44.9 Å². The van der Waals surface area contributed by atoms with Crippen LogP contribution in [0.5, 0.6) is 0 Å². The molecule has 0 fully saturated rings. The van der Waals surface area contributed by atoms with Crippen LogP contribution in [0.1, 0.15) is 83.3 Å². The molecule has 0 N–H and O–H groups in total. The molecule has 0 unspecified atom stereocenters. The number of hydrogen-bond acceptors (Lipinski definition) is 0. The minimum Gasteiger partial charge on any atom is -0.309 e. The van der Waals surface area contributed by atoms with E-state index in [9.17, 15) is 0 Å². The van der Waals surface area contributed by atoms with Gasteiger partial charge in [-0.3, -0.25) is 0 Å². The number of benzene rings is 6. The van der Waals surface area contributed by atoms with Gasteiger partial charge >= 0.3 is 0 Å². The molecule has 1 heterocycles. The van der Waals surface area contributed by atoms with Crippen molar-refractivity contribution in [1.82, 2.24) is 4.57 Å². The average molecular weight is 650 g/mol. The second kappa shape index (κ2) is 11.4. The topological polar surface area (TPSA) is 4.93 Å². The van der Waals surface area contributed by atoms with Crippen LogP contribution in [0.25, 0.3) is 27.5 Å². The number of hydrogen-bond donors (Lipinski definition) is 0. The molecule has 2 heteroatoms. The van der Waals surface area contributed by atoms with E-state index < -0.39 is 0 Å². The molecular weight excluding hydrogens is 601 g/mol. The van der Waals surface area contributed by atoms with Gasteiger partial charge in [0.2, 0.25) is 6.71 Å². The van der Waals surface area contributed by atoms with E-state index in [4.69, 9.17) is 0 Å². The van der Waals surface area contributed by atoms with Crippen LogP contribution < -0.4 is 16.4 Å². The number of fused-ring (bicyclic) bond motifs is 5. The Labute approximate surface area is 299 Å². The molecule has 8 rings (SSSR count). The Hall–Kier alpha value is -4.82. The summed E-state index contributed by atoms with van der Waals surface area (Å²) in [5, 5.41) is 2.60. The molecule has 1 aromatic heterocycles.